The average molecular weight is 449 g/mol. The van der Waals surface area contributed by atoms with Crippen molar-refractivity contribution in [3.8, 4) is 11.5 Å². The van der Waals surface area contributed by atoms with Crippen LogP contribution in [-0.4, -0.2) is 35.8 Å². The fraction of sp³-hybridized carbons (Fsp3) is 0.318. The van der Waals surface area contributed by atoms with E-state index in [0.717, 1.165) is 10.6 Å². The number of carbonyl (C=O) groups excluding carboxylic acids is 1. The third-order valence-corrected chi connectivity index (χ3v) is 5.76. The summed E-state index contributed by atoms with van der Waals surface area (Å²) in [6.45, 7) is 3.45. The molecule has 1 aliphatic heterocycles. The van der Waals surface area contributed by atoms with Crippen LogP contribution in [0.15, 0.2) is 54.7 Å². The minimum absolute atomic E-state index is 0.122. The van der Waals surface area contributed by atoms with Crippen molar-refractivity contribution in [1.29, 1.82) is 0 Å². The van der Waals surface area contributed by atoms with Crippen molar-refractivity contribution in [3.63, 3.8) is 0 Å². The number of nitrogens with zero attached hydrogens (tertiary/aromatic N) is 1. The molecule has 0 aromatic heterocycles. The summed E-state index contributed by atoms with van der Waals surface area (Å²) in [6, 6.07) is 12.7. The topological polar surface area (TPSA) is 71.0 Å². The zero-order valence-corrected chi connectivity index (χ0v) is 18.7. The molecular formula is C22H25ClN2O4S. The van der Waals surface area contributed by atoms with Crippen molar-refractivity contribution in [2.24, 2.45) is 0 Å². The predicted molar refractivity (Wildman–Crippen MR) is 121 cm³/mol. The molecule has 1 atom stereocenters. The molecular weight excluding hydrogens is 424 g/mol. The van der Waals surface area contributed by atoms with E-state index < -0.39 is 5.60 Å². The molecule has 160 valence electrons. The van der Waals surface area contributed by atoms with Crippen LogP contribution in [0, 0.1) is 0 Å². The maximum atomic E-state index is 12.6. The number of anilines is 1. The molecule has 0 spiro atoms. The SMILES string of the molecule is COc1cc(N2C=CC(SCc3ccccc3Cl)NC2=O)ccc1OCC(C)(C)O. The molecule has 0 saturated carbocycles. The van der Waals surface area contributed by atoms with Crippen LogP contribution in [0.25, 0.3) is 0 Å². The van der Waals surface area contributed by atoms with E-state index in [0.29, 0.717) is 22.9 Å². The van der Waals surface area contributed by atoms with Gasteiger partial charge in [0.25, 0.3) is 0 Å². The van der Waals surface area contributed by atoms with Crippen LogP contribution in [-0.2, 0) is 5.75 Å². The molecule has 3 rings (SSSR count). The van der Waals surface area contributed by atoms with Crippen LogP contribution in [0.2, 0.25) is 5.02 Å². The highest BCUT2D eigenvalue weighted by Gasteiger charge is 2.23. The lowest BCUT2D eigenvalue weighted by Gasteiger charge is -2.28. The van der Waals surface area contributed by atoms with Crippen LogP contribution < -0.4 is 19.7 Å². The van der Waals surface area contributed by atoms with Gasteiger partial charge in [-0.05, 0) is 43.7 Å². The van der Waals surface area contributed by atoms with Crippen molar-refractivity contribution in [3.05, 3.63) is 65.3 Å². The Kier molecular flexibility index (Phi) is 7.18. The molecule has 2 N–H and O–H groups in total. The van der Waals surface area contributed by atoms with Gasteiger partial charge in [-0.15, -0.1) is 11.8 Å². The van der Waals surface area contributed by atoms with E-state index >= 15 is 0 Å². The van der Waals surface area contributed by atoms with Crippen molar-refractivity contribution in [2.45, 2.75) is 30.6 Å². The number of halogens is 1. The van der Waals surface area contributed by atoms with Crippen LogP contribution in [0.1, 0.15) is 19.4 Å². The Morgan fingerprint density at radius 2 is 2.00 bits per heavy atom. The molecule has 1 heterocycles. The number of carbonyl (C=O) groups is 1. The molecule has 0 bridgehead atoms. The van der Waals surface area contributed by atoms with E-state index in [1.807, 2.05) is 30.3 Å². The molecule has 30 heavy (non-hydrogen) atoms. The third-order valence-electron chi connectivity index (χ3n) is 4.28. The van der Waals surface area contributed by atoms with Crippen LogP contribution in [0.4, 0.5) is 10.5 Å². The maximum absolute atomic E-state index is 12.6. The summed E-state index contributed by atoms with van der Waals surface area (Å²) in [5, 5.41) is 13.4. The second kappa shape index (κ2) is 9.64. The Balaban J connectivity index is 1.67. The number of ether oxygens (including phenoxy) is 2. The maximum Gasteiger partial charge on any atom is 0.327 e. The normalized spacial score (nSPS) is 16.4. The average Bonchev–Trinajstić information content (AvgIpc) is 2.71. The zero-order chi connectivity index (χ0) is 21.7. The van der Waals surface area contributed by atoms with Gasteiger partial charge in [0.2, 0.25) is 0 Å². The summed E-state index contributed by atoms with van der Waals surface area (Å²) in [6.07, 6.45) is 3.67. The number of aliphatic hydroxyl groups is 1. The van der Waals surface area contributed by atoms with Crippen LogP contribution in [0.5, 0.6) is 11.5 Å². The van der Waals surface area contributed by atoms with E-state index in [-0.39, 0.29) is 18.0 Å². The molecule has 2 aromatic carbocycles. The second-order valence-electron chi connectivity index (χ2n) is 7.42. The fourth-order valence-corrected chi connectivity index (χ4v) is 4.00. The summed E-state index contributed by atoms with van der Waals surface area (Å²) >= 11 is 7.79. The lowest BCUT2D eigenvalue weighted by Crippen LogP contribution is -2.44. The van der Waals surface area contributed by atoms with Gasteiger partial charge < -0.3 is 19.9 Å². The molecule has 1 aliphatic rings. The number of hydrogen-bond acceptors (Lipinski definition) is 5. The monoisotopic (exact) mass is 448 g/mol. The van der Waals surface area contributed by atoms with E-state index in [9.17, 15) is 9.90 Å². The molecule has 0 fully saturated rings. The van der Waals surface area contributed by atoms with Gasteiger partial charge in [0, 0.05) is 23.0 Å². The summed E-state index contributed by atoms with van der Waals surface area (Å²) in [5.41, 5.74) is 0.710. The largest absolute Gasteiger partial charge is 0.493 e. The van der Waals surface area contributed by atoms with Gasteiger partial charge in [0.15, 0.2) is 11.5 Å². The smallest absolute Gasteiger partial charge is 0.327 e. The van der Waals surface area contributed by atoms with Gasteiger partial charge in [-0.2, -0.15) is 0 Å². The molecule has 0 saturated heterocycles. The molecule has 8 heteroatoms. The zero-order valence-electron chi connectivity index (χ0n) is 17.1. The number of nitrogens with one attached hydrogen (secondary N) is 1. The Bertz CT molecular complexity index is 930. The van der Waals surface area contributed by atoms with E-state index in [2.05, 4.69) is 5.32 Å². The standard InChI is InChI=1S/C22H25ClN2O4S/c1-22(2,27)14-29-18-9-8-16(12-19(18)28-3)25-11-10-20(24-21(25)26)30-13-15-6-4-5-7-17(15)23/h4-12,20,27H,13-14H2,1-3H3,(H,24,26). The molecule has 2 aromatic rings. The number of thioether (sulfide) groups is 1. The first-order valence-corrected chi connectivity index (χ1v) is 10.9. The summed E-state index contributed by atoms with van der Waals surface area (Å²) in [5.74, 6) is 1.67. The van der Waals surface area contributed by atoms with E-state index in [4.69, 9.17) is 21.1 Å². The minimum Gasteiger partial charge on any atom is -0.493 e. The van der Waals surface area contributed by atoms with Crippen molar-refractivity contribution < 1.29 is 19.4 Å². The van der Waals surface area contributed by atoms with Gasteiger partial charge in [-0.1, -0.05) is 29.8 Å². The molecule has 6 nitrogen and oxygen atoms in total. The first-order chi connectivity index (χ1) is 14.3. The van der Waals surface area contributed by atoms with E-state index in [1.54, 1.807) is 50.0 Å². The number of methoxy groups -OCH3 is 1. The van der Waals surface area contributed by atoms with Gasteiger partial charge in [-0.3, -0.25) is 4.90 Å². The highest BCUT2D eigenvalue weighted by molar-refractivity contribution is 7.99. The predicted octanol–water partition coefficient (Wildman–Crippen LogP) is 4.80. The Hall–Kier alpha value is -2.35. The highest BCUT2D eigenvalue weighted by Crippen LogP contribution is 2.33. The molecule has 2 amide bonds. The summed E-state index contributed by atoms with van der Waals surface area (Å²) in [7, 11) is 1.53. The van der Waals surface area contributed by atoms with Gasteiger partial charge >= 0.3 is 6.03 Å². The van der Waals surface area contributed by atoms with Gasteiger partial charge in [0.05, 0.1) is 23.8 Å². The van der Waals surface area contributed by atoms with Crippen molar-refractivity contribution in [2.75, 3.05) is 18.6 Å². The number of benzene rings is 2. The van der Waals surface area contributed by atoms with Crippen molar-refractivity contribution >= 4 is 35.1 Å². The van der Waals surface area contributed by atoms with Gasteiger partial charge in [0.1, 0.15) is 6.61 Å². The Labute approximate surface area is 185 Å². The lowest BCUT2D eigenvalue weighted by atomic mass is 10.2. The van der Waals surface area contributed by atoms with Gasteiger partial charge in [-0.25, -0.2) is 4.79 Å². The number of amides is 2. The number of hydrogen-bond donors (Lipinski definition) is 2. The van der Waals surface area contributed by atoms with Crippen LogP contribution >= 0.6 is 23.4 Å². The van der Waals surface area contributed by atoms with Crippen LogP contribution in [0.3, 0.4) is 0 Å². The second-order valence-corrected chi connectivity index (χ2v) is 8.96. The summed E-state index contributed by atoms with van der Waals surface area (Å²) < 4.78 is 11.0. The molecule has 0 aliphatic carbocycles. The summed E-state index contributed by atoms with van der Waals surface area (Å²) in [4.78, 5) is 14.2. The molecule has 0 radical (unpaired) electrons. The minimum atomic E-state index is -0.962. The number of urea groups is 1. The molecule has 1 unspecified atom stereocenters. The lowest BCUT2D eigenvalue weighted by molar-refractivity contribution is 0.0276. The fourth-order valence-electron chi connectivity index (χ4n) is 2.75. The van der Waals surface area contributed by atoms with Crippen molar-refractivity contribution in [1.82, 2.24) is 5.32 Å². The first-order valence-electron chi connectivity index (χ1n) is 9.43. The third kappa shape index (κ3) is 5.84. The highest BCUT2D eigenvalue weighted by atomic mass is 35.5. The van der Waals surface area contributed by atoms with E-state index in [1.165, 1.54) is 12.0 Å². The first kappa shape index (κ1) is 22.3. The number of rotatable bonds is 8. The Morgan fingerprint density at radius 1 is 1.23 bits per heavy atom. The quantitative estimate of drug-likeness (QED) is 0.606. The Morgan fingerprint density at radius 3 is 2.67 bits per heavy atom.